The number of primary amides is 1. The summed E-state index contributed by atoms with van der Waals surface area (Å²) in [6, 6.07) is 16.0. The van der Waals surface area contributed by atoms with Crippen molar-refractivity contribution in [3.63, 3.8) is 0 Å². The number of carbonyl (C=O) groups is 1. The van der Waals surface area contributed by atoms with Crippen LogP contribution < -0.4 is 16.3 Å². The van der Waals surface area contributed by atoms with E-state index in [9.17, 15) is 0 Å². The minimum atomic E-state index is 0.250. The molecule has 0 radical (unpaired) electrons. The summed E-state index contributed by atoms with van der Waals surface area (Å²) in [5.74, 6) is 6.22. The summed E-state index contributed by atoms with van der Waals surface area (Å²) in [6.45, 7) is 2.53. The molecule has 1 amide bonds. The molecule has 0 unspecified atom stereocenters. The van der Waals surface area contributed by atoms with Crippen LogP contribution in [-0.2, 0) is 17.8 Å². The van der Waals surface area contributed by atoms with Gasteiger partial charge in [-0.2, -0.15) is 5.10 Å². The Balaban J connectivity index is 0.000000688. The van der Waals surface area contributed by atoms with Gasteiger partial charge in [0.25, 0.3) is 0 Å². The summed E-state index contributed by atoms with van der Waals surface area (Å²) in [5, 5.41) is 3.92. The number of benzene rings is 1. The van der Waals surface area contributed by atoms with E-state index in [1.807, 2.05) is 81.6 Å². The third-order valence-electron chi connectivity index (χ3n) is 4.13. The molecule has 1 aromatic carbocycles. The number of aryl methyl sites for hydroxylation is 2. The van der Waals surface area contributed by atoms with Crippen molar-refractivity contribution < 1.29 is 9.53 Å². The number of hydrogen-bond donors (Lipinski definition) is 2. The molecule has 33 heavy (non-hydrogen) atoms. The number of nitrogens with two attached hydrogens (primary N) is 2. The molecule has 0 saturated carbocycles. The molecule has 0 fully saturated rings. The molecule has 2 aromatic heterocycles. The SMILES string of the molecule is CN(C)C.Cc1cc(CC/C(=N\N)c2ccncc2)cnc1OCc1ccccc1.NC=O. The summed E-state index contributed by atoms with van der Waals surface area (Å²) in [4.78, 5) is 19.1. The van der Waals surface area contributed by atoms with Crippen LogP contribution in [0.5, 0.6) is 5.88 Å². The van der Waals surface area contributed by atoms with E-state index in [-0.39, 0.29) is 6.41 Å². The third-order valence-corrected chi connectivity index (χ3v) is 4.13. The maximum absolute atomic E-state index is 8.58. The van der Waals surface area contributed by atoms with Gasteiger partial charge in [0.15, 0.2) is 0 Å². The highest BCUT2D eigenvalue weighted by molar-refractivity contribution is 6.00. The van der Waals surface area contributed by atoms with Crippen molar-refractivity contribution in [3.8, 4) is 5.88 Å². The van der Waals surface area contributed by atoms with E-state index in [0.717, 1.165) is 40.8 Å². The van der Waals surface area contributed by atoms with Crippen LogP contribution in [0.3, 0.4) is 0 Å². The lowest BCUT2D eigenvalue weighted by molar-refractivity contribution is -0.106. The molecule has 8 heteroatoms. The molecular weight excluding hydrogens is 416 g/mol. The van der Waals surface area contributed by atoms with Gasteiger partial charge in [-0.25, -0.2) is 4.98 Å². The Morgan fingerprint density at radius 1 is 1.09 bits per heavy atom. The van der Waals surface area contributed by atoms with E-state index in [1.54, 1.807) is 12.4 Å². The second-order valence-electron chi connectivity index (χ2n) is 7.53. The van der Waals surface area contributed by atoms with Crippen LogP contribution in [0.1, 0.15) is 28.7 Å². The number of amides is 1. The minimum absolute atomic E-state index is 0.250. The molecule has 176 valence electrons. The Morgan fingerprint density at radius 3 is 2.24 bits per heavy atom. The van der Waals surface area contributed by atoms with Gasteiger partial charge in [-0.1, -0.05) is 30.3 Å². The van der Waals surface area contributed by atoms with Crippen LogP contribution in [-0.4, -0.2) is 48.1 Å². The van der Waals surface area contributed by atoms with Gasteiger partial charge in [-0.05, 0) is 70.2 Å². The highest BCUT2D eigenvalue weighted by Crippen LogP contribution is 2.18. The lowest BCUT2D eigenvalue weighted by Crippen LogP contribution is -2.07. The molecule has 3 rings (SSSR count). The normalized spacial score (nSPS) is 10.4. The van der Waals surface area contributed by atoms with E-state index in [0.29, 0.717) is 12.5 Å². The van der Waals surface area contributed by atoms with Crippen LogP contribution in [0.4, 0.5) is 0 Å². The average molecular weight is 451 g/mol. The van der Waals surface area contributed by atoms with Crippen molar-refractivity contribution in [1.82, 2.24) is 14.9 Å². The fraction of sp³-hybridized carbons (Fsp3) is 0.280. The van der Waals surface area contributed by atoms with E-state index >= 15 is 0 Å². The summed E-state index contributed by atoms with van der Waals surface area (Å²) >= 11 is 0. The molecule has 4 N–H and O–H groups in total. The smallest absolute Gasteiger partial charge is 0.216 e. The molecule has 0 aliphatic carbocycles. The van der Waals surface area contributed by atoms with Crippen molar-refractivity contribution in [1.29, 1.82) is 0 Å². The number of hydrazone groups is 1. The standard InChI is InChI=1S/C21H22N4O.C3H9N.CH3NO/c1-16-13-18(7-8-20(25-22)19-9-11-23-12-10-19)14-24-21(16)26-15-17-5-3-2-4-6-17;1-4(2)3;2-1-3/h2-6,9-14H,7-8,15,22H2,1H3;1-3H3;1H,(H2,2,3)/b25-20+;;. The van der Waals surface area contributed by atoms with Crippen molar-refractivity contribution >= 4 is 12.1 Å². The molecule has 2 heterocycles. The van der Waals surface area contributed by atoms with Gasteiger partial charge >= 0.3 is 0 Å². The topological polar surface area (TPSA) is 120 Å². The van der Waals surface area contributed by atoms with Crippen molar-refractivity contribution in [2.75, 3.05) is 21.1 Å². The highest BCUT2D eigenvalue weighted by atomic mass is 16.5. The molecule has 0 atom stereocenters. The number of rotatable bonds is 7. The first-order chi connectivity index (χ1) is 15.9. The molecule has 0 aliphatic heterocycles. The number of hydrogen-bond acceptors (Lipinski definition) is 7. The highest BCUT2D eigenvalue weighted by Gasteiger charge is 2.07. The van der Waals surface area contributed by atoms with E-state index in [4.69, 9.17) is 15.4 Å². The zero-order valence-corrected chi connectivity index (χ0v) is 19.8. The molecule has 8 nitrogen and oxygen atoms in total. The van der Waals surface area contributed by atoms with Gasteiger partial charge in [0.1, 0.15) is 6.61 Å². The zero-order chi connectivity index (χ0) is 24.5. The van der Waals surface area contributed by atoms with E-state index < -0.39 is 0 Å². The van der Waals surface area contributed by atoms with Crippen LogP contribution in [0.15, 0.2) is 72.2 Å². The second kappa shape index (κ2) is 15.9. The summed E-state index contributed by atoms with van der Waals surface area (Å²) in [7, 11) is 6.00. The maximum Gasteiger partial charge on any atom is 0.216 e. The van der Waals surface area contributed by atoms with E-state index in [2.05, 4.69) is 26.9 Å². The molecule has 0 bridgehead atoms. The first-order valence-electron chi connectivity index (χ1n) is 10.5. The maximum atomic E-state index is 8.58. The molecule has 0 aliphatic rings. The Bertz CT molecular complexity index is 960. The fourth-order valence-corrected chi connectivity index (χ4v) is 2.72. The second-order valence-corrected chi connectivity index (χ2v) is 7.53. The zero-order valence-electron chi connectivity index (χ0n) is 19.8. The molecular formula is C25H34N6O2. The van der Waals surface area contributed by atoms with Gasteiger partial charge in [0.05, 0.1) is 5.71 Å². The Labute approximate surface area is 196 Å². The molecule has 3 aromatic rings. The number of nitrogens with zero attached hydrogens (tertiary/aromatic N) is 4. The molecule has 0 saturated heterocycles. The monoisotopic (exact) mass is 450 g/mol. The molecule has 0 spiro atoms. The van der Waals surface area contributed by atoms with Gasteiger partial charge in [-0.3, -0.25) is 9.78 Å². The fourth-order valence-electron chi connectivity index (χ4n) is 2.72. The van der Waals surface area contributed by atoms with Crippen LogP contribution in [0.2, 0.25) is 0 Å². The number of pyridine rings is 2. The first kappa shape index (κ1) is 27.3. The quantitative estimate of drug-likeness (QED) is 0.247. The Morgan fingerprint density at radius 2 is 1.70 bits per heavy atom. The predicted molar refractivity (Wildman–Crippen MR) is 133 cm³/mol. The summed E-state index contributed by atoms with van der Waals surface area (Å²) in [5.41, 5.74) is 9.29. The van der Waals surface area contributed by atoms with Gasteiger partial charge in [0, 0.05) is 29.7 Å². The van der Waals surface area contributed by atoms with Crippen LogP contribution in [0.25, 0.3) is 0 Å². The third kappa shape index (κ3) is 11.4. The lowest BCUT2D eigenvalue weighted by atomic mass is 10.0. The van der Waals surface area contributed by atoms with Crippen molar-refractivity contribution in [2.45, 2.75) is 26.4 Å². The summed E-state index contributed by atoms with van der Waals surface area (Å²) < 4.78 is 5.83. The first-order valence-corrected chi connectivity index (χ1v) is 10.5. The largest absolute Gasteiger partial charge is 0.473 e. The van der Waals surface area contributed by atoms with Crippen LogP contribution >= 0.6 is 0 Å². The lowest BCUT2D eigenvalue weighted by Gasteiger charge is -2.10. The summed E-state index contributed by atoms with van der Waals surface area (Å²) in [6.07, 6.45) is 7.14. The van der Waals surface area contributed by atoms with E-state index in [1.165, 1.54) is 0 Å². The Kier molecular flexibility index (Phi) is 13.2. The van der Waals surface area contributed by atoms with Crippen molar-refractivity contribution in [3.05, 3.63) is 89.4 Å². The van der Waals surface area contributed by atoms with Gasteiger partial charge in [-0.15, -0.1) is 0 Å². The Hall–Kier alpha value is -3.78. The number of aromatic nitrogens is 2. The number of ether oxygens (including phenoxy) is 1. The van der Waals surface area contributed by atoms with Crippen molar-refractivity contribution in [2.24, 2.45) is 16.7 Å². The van der Waals surface area contributed by atoms with Gasteiger partial charge in [0.2, 0.25) is 12.3 Å². The average Bonchev–Trinajstić information content (AvgIpc) is 2.80. The van der Waals surface area contributed by atoms with Crippen LogP contribution in [0, 0.1) is 6.92 Å². The predicted octanol–water partition coefficient (Wildman–Crippen LogP) is 2.94. The minimum Gasteiger partial charge on any atom is -0.473 e. The van der Waals surface area contributed by atoms with Gasteiger partial charge < -0.3 is 21.2 Å². The number of carbonyl (C=O) groups excluding carboxylic acids is 1.